The van der Waals surface area contributed by atoms with Gasteiger partial charge in [-0.05, 0) is 19.3 Å². The molecule has 0 aliphatic carbocycles. The molecule has 0 amide bonds. The number of aliphatic hydroxyl groups excluding tert-OH is 2. The highest BCUT2D eigenvalue weighted by atomic mass is 79.9. The van der Waals surface area contributed by atoms with E-state index in [9.17, 15) is 5.11 Å². The number of rotatable bonds is 3. The Hall–Kier alpha value is 0.100. The van der Waals surface area contributed by atoms with Crippen molar-refractivity contribution < 1.29 is 14.9 Å². The smallest absolute Gasteiger partial charge is 0.103 e. The van der Waals surface area contributed by atoms with Crippen LogP contribution in [-0.4, -0.2) is 40.0 Å². The molecule has 0 radical (unpaired) electrons. The minimum atomic E-state index is -0.790. The molecule has 0 saturated heterocycles. The van der Waals surface area contributed by atoms with Gasteiger partial charge in [-0.1, -0.05) is 35.0 Å². The van der Waals surface area contributed by atoms with Crippen molar-refractivity contribution in [1.29, 1.82) is 0 Å². The molecule has 0 bridgehead atoms. The van der Waals surface area contributed by atoms with Crippen LogP contribution in [0.3, 0.4) is 0 Å². The van der Waals surface area contributed by atoms with Gasteiger partial charge >= 0.3 is 0 Å². The maximum atomic E-state index is 9.57. The van der Waals surface area contributed by atoms with Gasteiger partial charge in [-0.2, -0.15) is 0 Å². The van der Waals surface area contributed by atoms with Crippen LogP contribution in [0.2, 0.25) is 0 Å². The van der Waals surface area contributed by atoms with E-state index in [0.717, 1.165) is 12.8 Å². The number of allylic oxidation sites excluding steroid dienone is 1. The zero-order valence-electron chi connectivity index (χ0n) is 8.97. The van der Waals surface area contributed by atoms with Crippen molar-refractivity contribution in [2.24, 2.45) is 0 Å². The molecule has 2 N–H and O–H groups in total. The molecule has 1 rings (SSSR count). The Labute approximate surface area is 99.3 Å². The van der Waals surface area contributed by atoms with Crippen LogP contribution in [0.4, 0.5) is 0 Å². The second-order valence-electron chi connectivity index (χ2n) is 3.83. The van der Waals surface area contributed by atoms with Crippen molar-refractivity contribution in [2.45, 2.75) is 49.3 Å². The SMILES string of the molecule is CC[C@H]1O[C@@H]([C@H](O)CO)C/C=C\C[C@@H]1Br. The third-order valence-corrected chi connectivity index (χ3v) is 3.63. The topological polar surface area (TPSA) is 49.7 Å². The summed E-state index contributed by atoms with van der Waals surface area (Å²) in [6, 6.07) is 0. The van der Waals surface area contributed by atoms with Crippen LogP contribution in [0.15, 0.2) is 12.2 Å². The van der Waals surface area contributed by atoms with E-state index in [-0.39, 0.29) is 23.6 Å². The molecule has 88 valence electrons. The van der Waals surface area contributed by atoms with Gasteiger partial charge in [0.1, 0.15) is 6.10 Å². The highest BCUT2D eigenvalue weighted by molar-refractivity contribution is 9.09. The average molecular weight is 279 g/mol. The minimum Gasteiger partial charge on any atom is -0.394 e. The van der Waals surface area contributed by atoms with Crippen LogP contribution in [0.5, 0.6) is 0 Å². The monoisotopic (exact) mass is 278 g/mol. The molecule has 0 aromatic rings. The van der Waals surface area contributed by atoms with Crippen molar-refractivity contribution in [2.75, 3.05) is 6.61 Å². The molecule has 0 spiro atoms. The van der Waals surface area contributed by atoms with Crippen molar-refractivity contribution in [3.63, 3.8) is 0 Å². The summed E-state index contributed by atoms with van der Waals surface area (Å²) in [4.78, 5) is 0.285. The van der Waals surface area contributed by atoms with Gasteiger partial charge in [0.25, 0.3) is 0 Å². The maximum Gasteiger partial charge on any atom is 0.103 e. The van der Waals surface area contributed by atoms with E-state index in [0.29, 0.717) is 6.42 Å². The highest BCUT2D eigenvalue weighted by Crippen LogP contribution is 2.23. The molecule has 3 nitrogen and oxygen atoms in total. The number of halogens is 1. The molecule has 1 aliphatic heterocycles. The van der Waals surface area contributed by atoms with Crippen LogP contribution < -0.4 is 0 Å². The molecule has 15 heavy (non-hydrogen) atoms. The zero-order valence-corrected chi connectivity index (χ0v) is 10.6. The molecule has 0 unspecified atom stereocenters. The molecular formula is C11H19BrO3. The summed E-state index contributed by atoms with van der Waals surface area (Å²) in [7, 11) is 0. The van der Waals surface area contributed by atoms with Crippen molar-refractivity contribution in [3.8, 4) is 0 Å². The van der Waals surface area contributed by atoms with E-state index in [1.165, 1.54) is 0 Å². The van der Waals surface area contributed by atoms with Crippen LogP contribution in [0, 0.1) is 0 Å². The van der Waals surface area contributed by atoms with Gasteiger partial charge in [-0.15, -0.1) is 0 Å². The standard InChI is InChI=1S/C11H19BrO3/c1-2-10-8(12)5-3-4-6-11(15-10)9(14)7-13/h3-4,8-11,13-14H,2,5-7H2,1H3/b4-3-/t8-,9+,10+,11+/m0/s1. The Morgan fingerprint density at radius 2 is 2.13 bits per heavy atom. The highest BCUT2D eigenvalue weighted by Gasteiger charge is 2.26. The molecular weight excluding hydrogens is 260 g/mol. The summed E-state index contributed by atoms with van der Waals surface area (Å²) in [6.45, 7) is 1.81. The normalized spacial score (nSPS) is 36.7. The van der Waals surface area contributed by atoms with Crippen molar-refractivity contribution in [3.05, 3.63) is 12.2 Å². The first-order valence-electron chi connectivity index (χ1n) is 5.42. The van der Waals surface area contributed by atoms with E-state index in [1.807, 2.05) is 6.08 Å². The third-order valence-electron chi connectivity index (χ3n) is 2.67. The molecule has 1 heterocycles. The van der Waals surface area contributed by atoms with Crippen LogP contribution in [0.25, 0.3) is 0 Å². The molecule has 4 heteroatoms. The largest absolute Gasteiger partial charge is 0.394 e. The predicted octanol–water partition coefficient (Wildman–Crippen LogP) is 1.62. The molecule has 0 fully saturated rings. The summed E-state index contributed by atoms with van der Waals surface area (Å²) in [6.07, 6.45) is 5.63. The number of hydrogen-bond donors (Lipinski definition) is 2. The lowest BCUT2D eigenvalue weighted by Crippen LogP contribution is -2.38. The van der Waals surface area contributed by atoms with Gasteiger partial charge < -0.3 is 14.9 Å². The Kier molecular flexibility index (Phi) is 5.82. The first-order valence-corrected chi connectivity index (χ1v) is 6.34. The van der Waals surface area contributed by atoms with Gasteiger partial charge in [0.15, 0.2) is 0 Å². The lowest BCUT2D eigenvalue weighted by molar-refractivity contribution is -0.0906. The van der Waals surface area contributed by atoms with Crippen LogP contribution >= 0.6 is 15.9 Å². The summed E-state index contributed by atoms with van der Waals surface area (Å²) in [5.74, 6) is 0. The number of ether oxygens (including phenoxy) is 1. The van der Waals surface area contributed by atoms with E-state index in [1.54, 1.807) is 0 Å². The quantitative estimate of drug-likeness (QED) is 0.609. The van der Waals surface area contributed by atoms with Crippen molar-refractivity contribution in [1.82, 2.24) is 0 Å². The second kappa shape index (κ2) is 6.63. The fraction of sp³-hybridized carbons (Fsp3) is 0.818. The zero-order chi connectivity index (χ0) is 11.3. The van der Waals surface area contributed by atoms with Gasteiger partial charge in [0.2, 0.25) is 0 Å². The van der Waals surface area contributed by atoms with Gasteiger partial charge in [0.05, 0.1) is 18.8 Å². The molecule has 0 aromatic carbocycles. The van der Waals surface area contributed by atoms with E-state index in [4.69, 9.17) is 9.84 Å². The average Bonchev–Trinajstić information content (AvgIpc) is 2.23. The molecule has 1 aliphatic rings. The van der Waals surface area contributed by atoms with Crippen LogP contribution in [0.1, 0.15) is 26.2 Å². The van der Waals surface area contributed by atoms with Crippen LogP contribution in [-0.2, 0) is 4.74 Å². The predicted molar refractivity (Wildman–Crippen MR) is 63.1 cm³/mol. The van der Waals surface area contributed by atoms with Gasteiger partial charge in [0, 0.05) is 4.83 Å². The molecule has 0 aromatic heterocycles. The third kappa shape index (κ3) is 3.87. The lowest BCUT2D eigenvalue weighted by atomic mass is 10.0. The lowest BCUT2D eigenvalue weighted by Gasteiger charge is -2.30. The van der Waals surface area contributed by atoms with E-state index >= 15 is 0 Å². The summed E-state index contributed by atoms with van der Waals surface area (Å²) in [5.41, 5.74) is 0. The first kappa shape index (κ1) is 13.2. The maximum absolute atomic E-state index is 9.57. The number of hydrogen-bond acceptors (Lipinski definition) is 3. The van der Waals surface area contributed by atoms with Crippen molar-refractivity contribution >= 4 is 15.9 Å². The molecule has 0 saturated carbocycles. The Balaban J connectivity index is 2.65. The van der Waals surface area contributed by atoms with Gasteiger partial charge in [-0.3, -0.25) is 0 Å². The Morgan fingerprint density at radius 1 is 1.47 bits per heavy atom. The number of alkyl halides is 1. The van der Waals surface area contributed by atoms with Gasteiger partial charge in [-0.25, -0.2) is 0 Å². The van der Waals surface area contributed by atoms with E-state index < -0.39 is 6.10 Å². The Morgan fingerprint density at radius 3 is 2.73 bits per heavy atom. The fourth-order valence-electron chi connectivity index (χ4n) is 1.69. The fourth-order valence-corrected chi connectivity index (χ4v) is 2.41. The minimum absolute atomic E-state index is 0.0983. The van der Waals surface area contributed by atoms with E-state index in [2.05, 4.69) is 28.9 Å². The summed E-state index contributed by atoms with van der Waals surface area (Å²) < 4.78 is 5.80. The molecule has 4 atom stereocenters. The first-order chi connectivity index (χ1) is 7.19. The Bertz CT molecular complexity index is 208. The summed E-state index contributed by atoms with van der Waals surface area (Å²) in [5, 5.41) is 18.5. The number of aliphatic hydroxyl groups is 2. The summed E-state index contributed by atoms with van der Waals surface area (Å²) >= 11 is 3.58. The second-order valence-corrected chi connectivity index (χ2v) is 5.01.